The molecule has 0 saturated carbocycles. The van der Waals surface area contributed by atoms with Gasteiger partial charge in [0.25, 0.3) is 0 Å². The van der Waals surface area contributed by atoms with Gasteiger partial charge in [0, 0.05) is 43.3 Å². The van der Waals surface area contributed by atoms with Gasteiger partial charge in [0.15, 0.2) is 5.82 Å². The zero-order valence-corrected chi connectivity index (χ0v) is 17.2. The highest BCUT2D eigenvalue weighted by Gasteiger charge is 2.12. The fourth-order valence-corrected chi connectivity index (χ4v) is 3.11. The monoisotopic (exact) mass is 389 g/mol. The van der Waals surface area contributed by atoms with Crippen LogP contribution in [0.25, 0.3) is 11.4 Å². The van der Waals surface area contributed by atoms with Crippen LogP contribution in [0.2, 0.25) is 0 Å². The first-order valence-electron chi connectivity index (χ1n) is 9.80. The van der Waals surface area contributed by atoms with Crippen molar-refractivity contribution in [2.24, 2.45) is 5.73 Å². The van der Waals surface area contributed by atoms with Crippen LogP contribution in [0.4, 0.5) is 0 Å². The van der Waals surface area contributed by atoms with E-state index in [0.717, 1.165) is 41.2 Å². The van der Waals surface area contributed by atoms with E-state index in [2.05, 4.69) is 50.9 Å². The molecule has 150 valence electrons. The van der Waals surface area contributed by atoms with Gasteiger partial charge in [-0.3, -0.25) is 0 Å². The number of benzene rings is 1. The van der Waals surface area contributed by atoms with Crippen LogP contribution in [0, 0.1) is 18.3 Å². The van der Waals surface area contributed by atoms with Crippen LogP contribution in [-0.2, 0) is 19.5 Å². The zero-order chi connectivity index (χ0) is 20.8. The molecule has 0 aliphatic carbocycles. The molecule has 7 nitrogen and oxygen atoms in total. The molecule has 1 aromatic carbocycles. The van der Waals surface area contributed by atoms with E-state index in [1.165, 1.54) is 0 Å². The van der Waals surface area contributed by atoms with Crippen molar-refractivity contribution in [3.05, 3.63) is 65.0 Å². The van der Waals surface area contributed by atoms with Crippen molar-refractivity contribution in [1.82, 2.24) is 24.8 Å². The number of nitriles is 1. The highest BCUT2D eigenvalue weighted by molar-refractivity contribution is 5.62. The molecule has 0 atom stereocenters. The molecule has 0 unspecified atom stereocenters. The maximum Gasteiger partial charge on any atom is 0.159 e. The molecule has 7 heteroatoms. The molecule has 2 aromatic heterocycles. The Kier molecular flexibility index (Phi) is 6.70. The number of imidazole rings is 1. The molecule has 0 radical (unpaired) electrons. The number of hydrogen-bond donors (Lipinski definition) is 2. The van der Waals surface area contributed by atoms with Crippen molar-refractivity contribution in [3.8, 4) is 17.5 Å². The van der Waals surface area contributed by atoms with Crippen molar-refractivity contribution in [3.63, 3.8) is 0 Å². The highest BCUT2D eigenvalue weighted by atomic mass is 15.1. The fourth-order valence-electron chi connectivity index (χ4n) is 3.11. The normalized spacial score (nSPS) is 11.0. The van der Waals surface area contributed by atoms with Crippen molar-refractivity contribution in [2.75, 3.05) is 6.54 Å². The molecule has 3 N–H and O–H groups in total. The summed E-state index contributed by atoms with van der Waals surface area (Å²) in [6.07, 6.45) is 6.44. The summed E-state index contributed by atoms with van der Waals surface area (Å²) < 4.78 is 2.10. The van der Waals surface area contributed by atoms with Gasteiger partial charge in [-0.25, -0.2) is 15.0 Å². The van der Waals surface area contributed by atoms with Crippen LogP contribution in [0.3, 0.4) is 0 Å². The van der Waals surface area contributed by atoms with Crippen molar-refractivity contribution in [2.45, 2.75) is 46.3 Å². The Balaban J connectivity index is 1.91. The summed E-state index contributed by atoms with van der Waals surface area (Å²) in [5, 5.41) is 12.7. The van der Waals surface area contributed by atoms with Gasteiger partial charge in [-0.05, 0) is 49.2 Å². The zero-order valence-electron chi connectivity index (χ0n) is 17.2. The molecule has 0 aliphatic heterocycles. The maximum absolute atomic E-state index is 9.35. The Labute approximate surface area is 171 Å². The van der Waals surface area contributed by atoms with Gasteiger partial charge in [-0.15, -0.1) is 0 Å². The van der Waals surface area contributed by atoms with Crippen LogP contribution in [0.5, 0.6) is 0 Å². The minimum Gasteiger partial charge on any atom is -0.330 e. The second kappa shape index (κ2) is 9.41. The molecule has 3 aromatic rings. The summed E-state index contributed by atoms with van der Waals surface area (Å²) in [6, 6.07) is 8.24. The fraction of sp³-hybridized carbons (Fsp3) is 0.364. The standard InChI is InChI=1S/C22H27N7/c1-15(2)25-12-20-14-29(16(3)28-20)13-19-8-17(9-24)4-5-21(19)22-26-10-18(6-7-23)11-27-22/h4-5,8,10-11,14-15,25H,6-7,12-13,23H2,1-3H3. The number of rotatable bonds is 8. The van der Waals surface area contributed by atoms with Gasteiger partial charge < -0.3 is 15.6 Å². The smallest absolute Gasteiger partial charge is 0.159 e. The largest absolute Gasteiger partial charge is 0.330 e. The van der Waals surface area contributed by atoms with Gasteiger partial charge in [-0.1, -0.05) is 13.8 Å². The molecule has 0 fully saturated rings. The Morgan fingerprint density at radius 3 is 2.66 bits per heavy atom. The average Bonchev–Trinajstić information content (AvgIpc) is 3.06. The summed E-state index contributed by atoms with van der Waals surface area (Å²) in [6.45, 7) is 8.11. The second-order valence-electron chi connectivity index (χ2n) is 7.38. The topological polar surface area (TPSA) is 105 Å². The van der Waals surface area contributed by atoms with Gasteiger partial charge in [-0.2, -0.15) is 5.26 Å². The summed E-state index contributed by atoms with van der Waals surface area (Å²) in [5.41, 5.74) is 10.1. The van der Waals surface area contributed by atoms with E-state index >= 15 is 0 Å². The first-order valence-corrected chi connectivity index (χ1v) is 9.80. The predicted molar refractivity (Wildman–Crippen MR) is 113 cm³/mol. The van der Waals surface area contributed by atoms with Crippen molar-refractivity contribution in [1.29, 1.82) is 5.26 Å². The Morgan fingerprint density at radius 1 is 1.24 bits per heavy atom. The third kappa shape index (κ3) is 5.25. The molecule has 0 aliphatic rings. The van der Waals surface area contributed by atoms with Gasteiger partial charge in [0.1, 0.15) is 5.82 Å². The summed E-state index contributed by atoms with van der Waals surface area (Å²) in [4.78, 5) is 13.7. The quantitative estimate of drug-likeness (QED) is 0.613. The second-order valence-corrected chi connectivity index (χ2v) is 7.38. The van der Waals surface area contributed by atoms with E-state index in [1.54, 1.807) is 6.07 Å². The third-order valence-electron chi connectivity index (χ3n) is 4.67. The number of aryl methyl sites for hydroxylation is 1. The van der Waals surface area contributed by atoms with E-state index in [1.807, 2.05) is 31.5 Å². The number of nitrogens with one attached hydrogen (secondary N) is 1. The molecule has 0 spiro atoms. The summed E-state index contributed by atoms with van der Waals surface area (Å²) >= 11 is 0. The molecule has 0 saturated heterocycles. The molecule has 29 heavy (non-hydrogen) atoms. The highest BCUT2D eigenvalue weighted by Crippen LogP contribution is 2.23. The number of aromatic nitrogens is 4. The number of nitrogens with zero attached hydrogens (tertiary/aromatic N) is 5. The number of nitrogens with two attached hydrogens (primary N) is 1. The van der Waals surface area contributed by atoms with Crippen LogP contribution in [0.15, 0.2) is 36.8 Å². The van der Waals surface area contributed by atoms with Gasteiger partial charge >= 0.3 is 0 Å². The molecule has 0 amide bonds. The average molecular weight is 390 g/mol. The van der Waals surface area contributed by atoms with Crippen LogP contribution in [-0.4, -0.2) is 32.1 Å². The first-order chi connectivity index (χ1) is 14.0. The molecular formula is C22H27N7. The van der Waals surface area contributed by atoms with E-state index in [9.17, 15) is 5.26 Å². The van der Waals surface area contributed by atoms with Gasteiger partial charge in [0.2, 0.25) is 0 Å². The molecule has 2 heterocycles. The van der Waals surface area contributed by atoms with Crippen LogP contribution >= 0.6 is 0 Å². The van der Waals surface area contributed by atoms with Crippen molar-refractivity contribution < 1.29 is 0 Å². The van der Waals surface area contributed by atoms with E-state index in [0.29, 0.717) is 30.5 Å². The Hall–Kier alpha value is -3.08. The van der Waals surface area contributed by atoms with Crippen LogP contribution in [0.1, 0.15) is 42.1 Å². The van der Waals surface area contributed by atoms with Gasteiger partial charge in [0.05, 0.1) is 17.3 Å². The maximum atomic E-state index is 9.35. The lowest BCUT2D eigenvalue weighted by molar-refractivity contribution is 0.582. The SMILES string of the molecule is Cc1nc(CNC(C)C)cn1Cc1cc(C#N)ccc1-c1ncc(CCN)cn1. The van der Waals surface area contributed by atoms with Crippen molar-refractivity contribution >= 4 is 0 Å². The molecular weight excluding hydrogens is 362 g/mol. The summed E-state index contributed by atoms with van der Waals surface area (Å²) in [5.74, 6) is 1.57. The van der Waals surface area contributed by atoms with E-state index < -0.39 is 0 Å². The molecule has 3 rings (SSSR count). The van der Waals surface area contributed by atoms with E-state index in [4.69, 9.17) is 5.73 Å². The lowest BCUT2D eigenvalue weighted by Crippen LogP contribution is -2.21. The molecule has 0 bridgehead atoms. The Morgan fingerprint density at radius 2 is 2.00 bits per heavy atom. The lowest BCUT2D eigenvalue weighted by Gasteiger charge is -2.11. The first kappa shape index (κ1) is 20.6. The Bertz CT molecular complexity index is 997. The van der Waals surface area contributed by atoms with Crippen LogP contribution < -0.4 is 11.1 Å². The minimum absolute atomic E-state index is 0.402. The summed E-state index contributed by atoms with van der Waals surface area (Å²) in [7, 11) is 0. The lowest BCUT2D eigenvalue weighted by atomic mass is 10.0. The number of hydrogen-bond acceptors (Lipinski definition) is 6. The predicted octanol–water partition coefficient (Wildman–Crippen LogP) is 2.57. The third-order valence-corrected chi connectivity index (χ3v) is 4.67. The minimum atomic E-state index is 0.402. The van der Waals surface area contributed by atoms with E-state index in [-0.39, 0.29) is 0 Å².